The van der Waals surface area contributed by atoms with E-state index in [1.165, 1.54) is 19.3 Å². The lowest BCUT2D eigenvalue weighted by Crippen LogP contribution is -2.36. The number of allylic oxidation sites excluding steroid dienone is 2. The zero-order valence-corrected chi connectivity index (χ0v) is 13.3. The highest BCUT2D eigenvalue weighted by molar-refractivity contribution is 5.39. The molecule has 1 aromatic heterocycles. The van der Waals surface area contributed by atoms with Crippen LogP contribution in [0.5, 0.6) is 0 Å². The Labute approximate surface area is 128 Å². The van der Waals surface area contributed by atoms with Crippen LogP contribution < -0.4 is 10.2 Å². The Morgan fingerprint density at radius 2 is 2.29 bits per heavy atom. The summed E-state index contributed by atoms with van der Waals surface area (Å²) in [4.78, 5) is 6.85. The second-order valence-electron chi connectivity index (χ2n) is 6.82. The molecule has 0 unspecified atom stereocenters. The minimum absolute atomic E-state index is 0.619. The van der Waals surface area contributed by atoms with Gasteiger partial charge >= 0.3 is 0 Å². The number of anilines is 1. The fraction of sp³-hybridized carbons (Fsp3) is 0.611. The summed E-state index contributed by atoms with van der Waals surface area (Å²) in [7, 11) is 0. The highest BCUT2D eigenvalue weighted by Crippen LogP contribution is 2.27. The number of aromatic nitrogens is 1. The standard InChI is InChI=1S/C18H27N3/c1-14-9-15(2)11-16(10-14)12-20-17-6-8-21(13-17)18-5-3-4-7-19-18/h3-5,7,9,14,16-17,20H,6,8,10-13H2,1-2H3/t14-,16+,17-/m0/s1. The molecule has 1 saturated heterocycles. The van der Waals surface area contributed by atoms with E-state index in [0.29, 0.717) is 6.04 Å². The van der Waals surface area contributed by atoms with Crippen molar-refractivity contribution in [3.05, 3.63) is 36.0 Å². The van der Waals surface area contributed by atoms with Gasteiger partial charge in [0.2, 0.25) is 0 Å². The maximum Gasteiger partial charge on any atom is 0.128 e. The molecule has 0 amide bonds. The molecule has 0 radical (unpaired) electrons. The molecule has 2 heterocycles. The van der Waals surface area contributed by atoms with Crippen LogP contribution in [0.15, 0.2) is 36.0 Å². The lowest BCUT2D eigenvalue weighted by Gasteiger charge is -2.27. The van der Waals surface area contributed by atoms with Crippen molar-refractivity contribution in [2.45, 2.75) is 39.2 Å². The fourth-order valence-corrected chi connectivity index (χ4v) is 3.85. The second kappa shape index (κ2) is 6.61. The first kappa shape index (κ1) is 14.6. The lowest BCUT2D eigenvalue weighted by atomic mass is 9.83. The summed E-state index contributed by atoms with van der Waals surface area (Å²) in [6, 6.07) is 6.78. The highest BCUT2D eigenvalue weighted by atomic mass is 15.2. The number of hydrogen-bond donors (Lipinski definition) is 1. The van der Waals surface area contributed by atoms with Crippen LogP contribution in [0.4, 0.5) is 5.82 Å². The van der Waals surface area contributed by atoms with E-state index in [0.717, 1.165) is 37.3 Å². The largest absolute Gasteiger partial charge is 0.355 e. The minimum Gasteiger partial charge on any atom is -0.355 e. The molecule has 1 fully saturated rings. The number of nitrogens with one attached hydrogen (secondary N) is 1. The quantitative estimate of drug-likeness (QED) is 0.861. The van der Waals surface area contributed by atoms with Gasteiger partial charge in [-0.1, -0.05) is 24.6 Å². The number of nitrogens with zero attached hydrogens (tertiary/aromatic N) is 2. The molecule has 3 heteroatoms. The average molecular weight is 285 g/mol. The third-order valence-electron chi connectivity index (χ3n) is 4.74. The van der Waals surface area contributed by atoms with Crippen molar-refractivity contribution in [2.24, 2.45) is 11.8 Å². The van der Waals surface area contributed by atoms with Gasteiger partial charge in [-0.3, -0.25) is 0 Å². The monoisotopic (exact) mass is 285 g/mol. The van der Waals surface area contributed by atoms with E-state index in [4.69, 9.17) is 0 Å². The van der Waals surface area contributed by atoms with Gasteiger partial charge in [0.05, 0.1) is 0 Å². The summed E-state index contributed by atoms with van der Waals surface area (Å²) < 4.78 is 0. The number of hydrogen-bond acceptors (Lipinski definition) is 3. The Bertz CT molecular complexity index is 482. The van der Waals surface area contributed by atoms with Crippen molar-refractivity contribution < 1.29 is 0 Å². The van der Waals surface area contributed by atoms with Gasteiger partial charge in [-0.05, 0) is 56.7 Å². The number of rotatable bonds is 4. The van der Waals surface area contributed by atoms with Gasteiger partial charge in [-0.15, -0.1) is 0 Å². The summed E-state index contributed by atoms with van der Waals surface area (Å²) in [6.45, 7) is 7.99. The molecular weight excluding hydrogens is 258 g/mol. The van der Waals surface area contributed by atoms with Crippen LogP contribution in [-0.4, -0.2) is 30.7 Å². The van der Waals surface area contributed by atoms with Gasteiger partial charge < -0.3 is 10.2 Å². The Morgan fingerprint density at radius 1 is 1.38 bits per heavy atom. The predicted octanol–water partition coefficient (Wildman–Crippen LogP) is 3.24. The third-order valence-corrected chi connectivity index (χ3v) is 4.74. The number of pyridine rings is 1. The fourth-order valence-electron chi connectivity index (χ4n) is 3.85. The van der Waals surface area contributed by atoms with E-state index in [9.17, 15) is 0 Å². The topological polar surface area (TPSA) is 28.2 Å². The molecular formula is C18H27N3. The normalized spacial score (nSPS) is 29.5. The third kappa shape index (κ3) is 3.85. The molecule has 0 spiro atoms. The van der Waals surface area contributed by atoms with Crippen molar-refractivity contribution in [3.8, 4) is 0 Å². The minimum atomic E-state index is 0.619. The molecule has 21 heavy (non-hydrogen) atoms. The highest BCUT2D eigenvalue weighted by Gasteiger charge is 2.25. The van der Waals surface area contributed by atoms with Gasteiger partial charge in [0, 0.05) is 25.3 Å². The van der Waals surface area contributed by atoms with Crippen LogP contribution in [0.1, 0.15) is 33.1 Å². The van der Waals surface area contributed by atoms with Crippen LogP contribution in [0, 0.1) is 11.8 Å². The van der Waals surface area contributed by atoms with Crippen molar-refractivity contribution in [2.75, 3.05) is 24.5 Å². The summed E-state index contributed by atoms with van der Waals surface area (Å²) in [5.41, 5.74) is 1.57. The first-order chi connectivity index (χ1) is 10.2. The van der Waals surface area contributed by atoms with Crippen LogP contribution in [0.25, 0.3) is 0 Å². The van der Waals surface area contributed by atoms with Crippen molar-refractivity contribution >= 4 is 5.82 Å². The molecule has 3 rings (SSSR count). The van der Waals surface area contributed by atoms with E-state index in [1.54, 1.807) is 5.57 Å². The molecule has 1 aromatic rings. The zero-order chi connectivity index (χ0) is 14.7. The molecule has 1 N–H and O–H groups in total. The van der Waals surface area contributed by atoms with Crippen molar-refractivity contribution in [1.82, 2.24) is 10.3 Å². The maximum absolute atomic E-state index is 4.46. The Morgan fingerprint density at radius 3 is 3.05 bits per heavy atom. The van der Waals surface area contributed by atoms with Crippen LogP contribution >= 0.6 is 0 Å². The van der Waals surface area contributed by atoms with E-state index in [1.807, 2.05) is 12.3 Å². The van der Waals surface area contributed by atoms with Crippen molar-refractivity contribution in [1.29, 1.82) is 0 Å². The van der Waals surface area contributed by atoms with Crippen LogP contribution in [0.3, 0.4) is 0 Å². The molecule has 114 valence electrons. The summed E-state index contributed by atoms with van der Waals surface area (Å²) >= 11 is 0. The SMILES string of the molecule is CC1=C[C@H](C)C[C@@H](CN[C@H]2CCN(c3ccccn3)C2)C1. The molecule has 0 bridgehead atoms. The van der Waals surface area contributed by atoms with Gasteiger partial charge in [-0.2, -0.15) is 0 Å². The van der Waals surface area contributed by atoms with E-state index in [-0.39, 0.29) is 0 Å². The van der Waals surface area contributed by atoms with Gasteiger partial charge in [0.25, 0.3) is 0 Å². The Kier molecular flexibility index (Phi) is 4.59. The van der Waals surface area contributed by atoms with Gasteiger partial charge in [0.1, 0.15) is 5.82 Å². The Balaban J connectivity index is 1.46. The zero-order valence-electron chi connectivity index (χ0n) is 13.3. The molecule has 0 aromatic carbocycles. The first-order valence-electron chi connectivity index (χ1n) is 8.27. The molecule has 3 nitrogen and oxygen atoms in total. The molecule has 0 saturated carbocycles. The molecule has 1 aliphatic carbocycles. The lowest BCUT2D eigenvalue weighted by molar-refractivity contribution is 0.365. The van der Waals surface area contributed by atoms with E-state index < -0.39 is 0 Å². The summed E-state index contributed by atoms with van der Waals surface area (Å²) in [5.74, 6) is 2.68. The van der Waals surface area contributed by atoms with Crippen molar-refractivity contribution in [3.63, 3.8) is 0 Å². The molecule has 3 atom stereocenters. The Hall–Kier alpha value is -1.35. The van der Waals surface area contributed by atoms with E-state index in [2.05, 4.69) is 47.3 Å². The van der Waals surface area contributed by atoms with Crippen LogP contribution in [0.2, 0.25) is 0 Å². The summed E-state index contributed by atoms with van der Waals surface area (Å²) in [6.07, 6.45) is 8.16. The van der Waals surface area contributed by atoms with Gasteiger partial charge in [-0.25, -0.2) is 4.98 Å². The van der Waals surface area contributed by atoms with E-state index >= 15 is 0 Å². The predicted molar refractivity (Wildman–Crippen MR) is 88.5 cm³/mol. The summed E-state index contributed by atoms with van der Waals surface area (Å²) in [5, 5.41) is 3.80. The first-order valence-corrected chi connectivity index (χ1v) is 8.27. The average Bonchev–Trinajstić information content (AvgIpc) is 2.94. The molecule has 1 aliphatic heterocycles. The molecule has 2 aliphatic rings. The van der Waals surface area contributed by atoms with Crippen LogP contribution in [-0.2, 0) is 0 Å². The van der Waals surface area contributed by atoms with Gasteiger partial charge in [0.15, 0.2) is 0 Å². The smallest absolute Gasteiger partial charge is 0.128 e. The maximum atomic E-state index is 4.46. The second-order valence-corrected chi connectivity index (χ2v) is 6.82.